The van der Waals surface area contributed by atoms with Crippen molar-refractivity contribution >= 4 is 0 Å². The van der Waals surface area contributed by atoms with E-state index in [-0.39, 0.29) is 0 Å². The first-order valence-corrected chi connectivity index (χ1v) is 13.4. The second kappa shape index (κ2) is 21.7. The van der Waals surface area contributed by atoms with Gasteiger partial charge in [0.1, 0.15) is 0 Å². The van der Waals surface area contributed by atoms with Crippen molar-refractivity contribution in [2.75, 3.05) is 6.54 Å². The molecule has 0 radical (unpaired) electrons. The molecule has 170 valence electrons. The van der Waals surface area contributed by atoms with Crippen molar-refractivity contribution in [3.63, 3.8) is 0 Å². The Balaban J connectivity index is 4.22. The van der Waals surface area contributed by atoms with E-state index in [4.69, 9.17) is 5.73 Å². The zero-order valence-electron chi connectivity index (χ0n) is 20.3. The largest absolute Gasteiger partial charge is 0.330 e. The van der Waals surface area contributed by atoms with Gasteiger partial charge in [0.15, 0.2) is 0 Å². The van der Waals surface area contributed by atoms with Gasteiger partial charge in [0.2, 0.25) is 0 Å². The average Bonchev–Trinajstić information content (AvgIpc) is 2.72. The highest BCUT2D eigenvalue weighted by Crippen LogP contribution is 2.36. The normalized spacial score (nSPS) is 12.0. The van der Waals surface area contributed by atoms with E-state index in [1.54, 1.807) is 0 Å². The summed E-state index contributed by atoms with van der Waals surface area (Å²) < 4.78 is 0. The van der Waals surface area contributed by atoms with Crippen LogP contribution < -0.4 is 5.73 Å². The lowest BCUT2D eigenvalue weighted by Crippen LogP contribution is -2.31. The third-order valence-electron chi connectivity index (χ3n) is 6.86. The molecular formula is C27H57N. The molecule has 0 heterocycles. The zero-order chi connectivity index (χ0) is 20.8. The summed E-state index contributed by atoms with van der Waals surface area (Å²) in [4.78, 5) is 0. The lowest BCUT2D eigenvalue weighted by atomic mass is 9.74. The van der Waals surface area contributed by atoms with Crippen LogP contribution in [0, 0.1) is 5.41 Å². The van der Waals surface area contributed by atoms with E-state index in [2.05, 4.69) is 20.8 Å². The fourth-order valence-electron chi connectivity index (χ4n) is 4.70. The Morgan fingerprint density at radius 2 is 0.643 bits per heavy atom. The van der Waals surface area contributed by atoms with Crippen LogP contribution in [0.1, 0.15) is 162 Å². The minimum Gasteiger partial charge on any atom is -0.330 e. The van der Waals surface area contributed by atoms with Crippen molar-refractivity contribution in [3.8, 4) is 0 Å². The van der Waals surface area contributed by atoms with Crippen molar-refractivity contribution in [2.24, 2.45) is 11.1 Å². The van der Waals surface area contributed by atoms with Gasteiger partial charge in [-0.05, 0) is 31.2 Å². The first-order chi connectivity index (χ1) is 13.7. The molecular weight excluding hydrogens is 338 g/mol. The van der Waals surface area contributed by atoms with Crippen molar-refractivity contribution in [1.29, 1.82) is 0 Å². The van der Waals surface area contributed by atoms with Crippen LogP contribution in [-0.2, 0) is 0 Å². The molecule has 0 rings (SSSR count). The molecule has 0 fully saturated rings. The molecule has 0 atom stereocenters. The van der Waals surface area contributed by atoms with Crippen molar-refractivity contribution in [2.45, 2.75) is 162 Å². The molecule has 0 aliphatic heterocycles. The van der Waals surface area contributed by atoms with E-state index >= 15 is 0 Å². The molecule has 1 nitrogen and oxygen atoms in total. The fraction of sp³-hybridized carbons (Fsp3) is 1.00. The van der Waals surface area contributed by atoms with E-state index in [1.165, 1.54) is 141 Å². The van der Waals surface area contributed by atoms with Gasteiger partial charge in [0.25, 0.3) is 0 Å². The maximum Gasteiger partial charge on any atom is -0.00205 e. The van der Waals surface area contributed by atoms with Gasteiger partial charge in [-0.2, -0.15) is 0 Å². The van der Waals surface area contributed by atoms with Gasteiger partial charge >= 0.3 is 0 Å². The predicted octanol–water partition coefficient (Wildman–Crippen LogP) is 9.57. The second-order valence-electron chi connectivity index (χ2n) is 9.61. The number of nitrogens with two attached hydrogens (primary N) is 1. The summed E-state index contributed by atoms with van der Waals surface area (Å²) in [6.45, 7) is 7.84. The minimum absolute atomic E-state index is 0.457. The molecule has 0 aromatic heterocycles. The Bertz CT molecular complexity index is 270. The zero-order valence-corrected chi connectivity index (χ0v) is 20.3. The Hall–Kier alpha value is -0.0400. The Morgan fingerprint density at radius 3 is 0.893 bits per heavy atom. The Labute approximate surface area is 180 Å². The van der Waals surface area contributed by atoms with Gasteiger partial charge in [-0.1, -0.05) is 143 Å². The average molecular weight is 396 g/mol. The van der Waals surface area contributed by atoms with Crippen LogP contribution in [0.3, 0.4) is 0 Å². The molecule has 2 N–H and O–H groups in total. The first kappa shape index (κ1) is 28.0. The Kier molecular flexibility index (Phi) is 21.6. The summed E-state index contributed by atoms with van der Waals surface area (Å²) in [5.41, 5.74) is 6.87. The smallest absolute Gasteiger partial charge is 0.00205 e. The summed E-state index contributed by atoms with van der Waals surface area (Å²) >= 11 is 0. The van der Waals surface area contributed by atoms with Crippen molar-refractivity contribution in [3.05, 3.63) is 0 Å². The molecule has 0 amide bonds. The third-order valence-corrected chi connectivity index (χ3v) is 6.86. The third kappa shape index (κ3) is 16.9. The van der Waals surface area contributed by atoms with Gasteiger partial charge in [-0.15, -0.1) is 0 Å². The molecule has 28 heavy (non-hydrogen) atoms. The minimum atomic E-state index is 0.457. The molecule has 0 aliphatic rings. The van der Waals surface area contributed by atoms with Crippen LogP contribution in [0.5, 0.6) is 0 Å². The lowest BCUT2D eigenvalue weighted by Gasteiger charge is -2.33. The summed E-state index contributed by atoms with van der Waals surface area (Å²) in [7, 11) is 0. The van der Waals surface area contributed by atoms with Crippen LogP contribution in [0.15, 0.2) is 0 Å². The highest BCUT2D eigenvalue weighted by molar-refractivity contribution is 4.81. The van der Waals surface area contributed by atoms with E-state index in [0.717, 1.165) is 6.54 Å². The van der Waals surface area contributed by atoms with Gasteiger partial charge in [-0.3, -0.25) is 0 Å². The van der Waals surface area contributed by atoms with Crippen LogP contribution in [0.4, 0.5) is 0 Å². The molecule has 0 spiro atoms. The standard InChI is InChI=1S/C27H57N/c1-4-7-10-13-16-19-22-25-27(26-28,23-20-17-14-11-8-5-2)24-21-18-15-12-9-6-3/h4-26,28H2,1-3H3. The van der Waals surface area contributed by atoms with E-state index < -0.39 is 0 Å². The predicted molar refractivity (Wildman–Crippen MR) is 130 cm³/mol. The summed E-state index contributed by atoms with van der Waals surface area (Å²) in [5, 5.41) is 0. The Morgan fingerprint density at radius 1 is 0.393 bits per heavy atom. The summed E-state index contributed by atoms with van der Waals surface area (Å²) in [5.74, 6) is 0. The van der Waals surface area contributed by atoms with Gasteiger partial charge in [-0.25, -0.2) is 0 Å². The molecule has 1 heteroatoms. The topological polar surface area (TPSA) is 26.0 Å². The first-order valence-electron chi connectivity index (χ1n) is 13.4. The highest BCUT2D eigenvalue weighted by atomic mass is 14.6. The van der Waals surface area contributed by atoms with Crippen molar-refractivity contribution in [1.82, 2.24) is 0 Å². The molecule has 0 saturated carbocycles. The van der Waals surface area contributed by atoms with E-state index in [9.17, 15) is 0 Å². The van der Waals surface area contributed by atoms with Crippen LogP contribution in [-0.4, -0.2) is 6.54 Å². The fourth-order valence-corrected chi connectivity index (χ4v) is 4.70. The number of unbranched alkanes of at least 4 members (excludes halogenated alkanes) is 16. The molecule has 0 unspecified atom stereocenters. The molecule has 0 aromatic carbocycles. The van der Waals surface area contributed by atoms with Crippen LogP contribution >= 0.6 is 0 Å². The molecule has 0 bridgehead atoms. The summed E-state index contributed by atoms with van der Waals surface area (Å²) in [6, 6.07) is 0. The van der Waals surface area contributed by atoms with Gasteiger partial charge in [0, 0.05) is 0 Å². The summed E-state index contributed by atoms with van der Waals surface area (Å²) in [6.07, 6.45) is 31.0. The van der Waals surface area contributed by atoms with Crippen molar-refractivity contribution < 1.29 is 0 Å². The molecule has 0 saturated heterocycles. The number of hydrogen-bond acceptors (Lipinski definition) is 1. The van der Waals surface area contributed by atoms with E-state index in [1.807, 2.05) is 0 Å². The highest BCUT2D eigenvalue weighted by Gasteiger charge is 2.26. The number of hydrogen-bond donors (Lipinski definition) is 1. The molecule has 0 aromatic rings. The monoisotopic (exact) mass is 395 g/mol. The van der Waals surface area contributed by atoms with Crippen LogP contribution in [0.2, 0.25) is 0 Å². The lowest BCUT2D eigenvalue weighted by molar-refractivity contribution is 0.204. The van der Waals surface area contributed by atoms with E-state index in [0.29, 0.717) is 5.41 Å². The maximum absolute atomic E-state index is 6.41. The maximum atomic E-state index is 6.41. The number of rotatable bonds is 23. The quantitative estimate of drug-likeness (QED) is 0.171. The SMILES string of the molecule is CCCCCCCCCC(CN)(CCCCCCCC)CCCCCCCC. The van der Waals surface area contributed by atoms with Gasteiger partial charge < -0.3 is 5.73 Å². The molecule has 0 aliphatic carbocycles. The second-order valence-corrected chi connectivity index (χ2v) is 9.61. The van der Waals surface area contributed by atoms with Crippen LogP contribution in [0.25, 0.3) is 0 Å². The van der Waals surface area contributed by atoms with Gasteiger partial charge in [0.05, 0.1) is 0 Å².